The van der Waals surface area contributed by atoms with E-state index in [9.17, 15) is 0 Å². The molecule has 2 N–H and O–H groups in total. The van der Waals surface area contributed by atoms with E-state index in [0.29, 0.717) is 12.0 Å². The molecular formula is C15H25N3O2. The molecular weight excluding hydrogens is 254 g/mol. The molecule has 0 aliphatic carbocycles. The lowest BCUT2D eigenvalue weighted by molar-refractivity contribution is -0.0310. The largest absolute Gasteiger partial charge is 0.374 e. The van der Waals surface area contributed by atoms with Crippen LogP contribution in [-0.4, -0.2) is 41.6 Å². The second kappa shape index (κ2) is 5.84. The lowest BCUT2D eigenvalue weighted by atomic mass is 9.91. The molecule has 20 heavy (non-hydrogen) atoms. The fraction of sp³-hybridized carbons (Fsp3) is 0.800. The molecule has 0 radical (unpaired) electrons. The van der Waals surface area contributed by atoms with E-state index in [2.05, 4.69) is 29.4 Å². The molecule has 5 heteroatoms. The van der Waals surface area contributed by atoms with Gasteiger partial charge in [-0.15, -0.1) is 0 Å². The van der Waals surface area contributed by atoms with Gasteiger partial charge in [0, 0.05) is 31.3 Å². The van der Waals surface area contributed by atoms with Gasteiger partial charge in [0.2, 0.25) is 0 Å². The Morgan fingerprint density at radius 2 is 2.40 bits per heavy atom. The van der Waals surface area contributed by atoms with Gasteiger partial charge in [0.25, 0.3) is 0 Å². The second-order valence-corrected chi connectivity index (χ2v) is 6.59. The van der Waals surface area contributed by atoms with Crippen molar-refractivity contribution < 1.29 is 9.47 Å². The van der Waals surface area contributed by atoms with Crippen LogP contribution in [0.3, 0.4) is 0 Å². The third kappa shape index (κ3) is 3.22. The van der Waals surface area contributed by atoms with Crippen molar-refractivity contribution in [3.8, 4) is 0 Å². The number of nitrogens with one attached hydrogen (secondary N) is 2. The van der Waals surface area contributed by atoms with E-state index < -0.39 is 0 Å². The van der Waals surface area contributed by atoms with Crippen LogP contribution in [0, 0.1) is 5.92 Å². The zero-order valence-corrected chi connectivity index (χ0v) is 12.4. The maximum atomic E-state index is 5.95. The molecule has 2 saturated heterocycles. The van der Waals surface area contributed by atoms with Crippen molar-refractivity contribution in [1.29, 1.82) is 0 Å². The summed E-state index contributed by atoms with van der Waals surface area (Å²) in [4.78, 5) is 0. The Morgan fingerprint density at radius 1 is 1.50 bits per heavy atom. The fourth-order valence-corrected chi connectivity index (χ4v) is 3.31. The molecule has 3 rings (SSSR count). The summed E-state index contributed by atoms with van der Waals surface area (Å²) >= 11 is 0. The first kappa shape index (κ1) is 14.0. The molecule has 2 aliphatic heterocycles. The minimum Gasteiger partial charge on any atom is -0.374 e. The Balaban J connectivity index is 1.55. The number of aromatic nitrogens is 2. The lowest BCUT2D eigenvalue weighted by Crippen LogP contribution is -2.38. The van der Waals surface area contributed by atoms with Crippen molar-refractivity contribution in [3.05, 3.63) is 18.0 Å². The van der Waals surface area contributed by atoms with Crippen LogP contribution in [0.4, 0.5) is 0 Å². The third-order valence-electron chi connectivity index (χ3n) is 4.36. The highest BCUT2D eigenvalue weighted by atomic mass is 16.5. The van der Waals surface area contributed by atoms with E-state index >= 15 is 0 Å². The summed E-state index contributed by atoms with van der Waals surface area (Å²) in [6, 6.07) is 2.49. The number of hydrogen-bond acceptors (Lipinski definition) is 4. The van der Waals surface area contributed by atoms with Gasteiger partial charge in [-0.3, -0.25) is 5.10 Å². The van der Waals surface area contributed by atoms with Crippen LogP contribution in [0.25, 0.3) is 0 Å². The van der Waals surface area contributed by atoms with Crippen LogP contribution in [0.15, 0.2) is 12.3 Å². The summed E-state index contributed by atoms with van der Waals surface area (Å²) in [5, 5.41) is 10.8. The normalized spacial score (nSPS) is 33.4. The van der Waals surface area contributed by atoms with Crippen molar-refractivity contribution in [2.75, 3.05) is 19.8 Å². The zero-order chi connectivity index (χ0) is 14.0. The average Bonchev–Trinajstić information content (AvgIpc) is 3.06. The predicted octanol–water partition coefficient (Wildman–Crippen LogP) is 2.03. The van der Waals surface area contributed by atoms with E-state index in [0.717, 1.165) is 38.3 Å². The molecule has 0 aromatic carbocycles. The van der Waals surface area contributed by atoms with Crippen molar-refractivity contribution in [2.24, 2.45) is 5.92 Å². The van der Waals surface area contributed by atoms with Crippen molar-refractivity contribution >= 4 is 0 Å². The predicted molar refractivity (Wildman–Crippen MR) is 76.4 cm³/mol. The van der Waals surface area contributed by atoms with Crippen molar-refractivity contribution in [2.45, 2.75) is 50.9 Å². The molecule has 0 spiro atoms. The summed E-state index contributed by atoms with van der Waals surface area (Å²) in [6.45, 7) is 6.96. The quantitative estimate of drug-likeness (QED) is 0.885. The summed E-state index contributed by atoms with van der Waals surface area (Å²) < 4.78 is 11.7. The topological polar surface area (TPSA) is 59.2 Å². The standard InChI is InChI=1S/C15H25N3O2/c1-15(2)8-12(10-20-15)16-9-11-4-3-7-19-14(11)13-5-6-17-18-13/h5-6,11-12,14,16H,3-4,7-10H2,1-2H3,(H,17,18)/t11-,12?,14+/m0/s1. The summed E-state index contributed by atoms with van der Waals surface area (Å²) in [5.41, 5.74) is 1.11. The number of aromatic amines is 1. The molecule has 2 aliphatic rings. The maximum Gasteiger partial charge on any atom is 0.103 e. The van der Waals surface area contributed by atoms with E-state index in [4.69, 9.17) is 9.47 Å². The van der Waals surface area contributed by atoms with Gasteiger partial charge in [0.1, 0.15) is 6.10 Å². The first-order chi connectivity index (χ1) is 9.64. The minimum absolute atomic E-state index is 0.0174. The van der Waals surface area contributed by atoms with Gasteiger partial charge < -0.3 is 14.8 Å². The first-order valence-corrected chi connectivity index (χ1v) is 7.62. The van der Waals surface area contributed by atoms with Crippen LogP contribution in [-0.2, 0) is 9.47 Å². The maximum absolute atomic E-state index is 5.95. The highest BCUT2D eigenvalue weighted by Gasteiger charge is 2.33. The number of H-pyrrole nitrogens is 1. The molecule has 2 fully saturated rings. The molecule has 3 heterocycles. The molecule has 1 unspecified atom stereocenters. The SMILES string of the molecule is CC1(C)CC(NC[C@@H]2CCCO[C@H]2c2ccn[nH]2)CO1. The van der Waals surface area contributed by atoms with E-state index in [1.165, 1.54) is 6.42 Å². The number of rotatable bonds is 4. The molecule has 0 saturated carbocycles. The molecule has 1 aromatic rings. The molecule has 0 amide bonds. The number of nitrogens with zero attached hydrogens (tertiary/aromatic N) is 1. The molecule has 1 aromatic heterocycles. The molecule has 0 bridgehead atoms. The van der Waals surface area contributed by atoms with Crippen molar-refractivity contribution in [3.63, 3.8) is 0 Å². The Hall–Kier alpha value is -0.910. The van der Waals surface area contributed by atoms with Crippen LogP contribution < -0.4 is 5.32 Å². The first-order valence-electron chi connectivity index (χ1n) is 7.62. The lowest BCUT2D eigenvalue weighted by Gasteiger charge is -2.32. The number of hydrogen-bond donors (Lipinski definition) is 2. The van der Waals surface area contributed by atoms with Gasteiger partial charge in [0.05, 0.1) is 17.9 Å². The Morgan fingerprint density at radius 3 is 3.10 bits per heavy atom. The van der Waals surface area contributed by atoms with E-state index in [-0.39, 0.29) is 11.7 Å². The Labute approximate surface area is 120 Å². The molecule has 3 atom stereocenters. The molecule has 112 valence electrons. The Bertz CT molecular complexity index is 419. The zero-order valence-electron chi connectivity index (χ0n) is 12.4. The minimum atomic E-state index is 0.0174. The van der Waals surface area contributed by atoms with Gasteiger partial charge in [-0.2, -0.15) is 5.10 Å². The van der Waals surface area contributed by atoms with Gasteiger partial charge >= 0.3 is 0 Å². The summed E-state index contributed by atoms with van der Waals surface area (Å²) in [5.74, 6) is 0.507. The van der Waals surface area contributed by atoms with Gasteiger partial charge in [-0.05, 0) is 39.2 Å². The van der Waals surface area contributed by atoms with Crippen LogP contribution in [0.1, 0.15) is 44.9 Å². The molecule has 5 nitrogen and oxygen atoms in total. The van der Waals surface area contributed by atoms with Crippen LogP contribution in [0.5, 0.6) is 0 Å². The van der Waals surface area contributed by atoms with E-state index in [1.807, 2.05) is 6.07 Å². The van der Waals surface area contributed by atoms with Crippen molar-refractivity contribution in [1.82, 2.24) is 15.5 Å². The Kier molecular flexibility index (Phi) is 4.10. The summed E-state index contributed by atoms with van der Waals surface area (Å²) in [7, 11) is 0. The highest BCUT2D eigenvalue weighted by Crippen LogP contribution is 2.32. The fourth-order valence-electron chi connectivity index (χ4n) is 3.31. The average molecular weight is 279 g/mol. The van der Waals surface area contributed by atoms with Crippen LogP contribution in [0.2, 0.25) is 0 Å². The second-order valence-electron chi connectivity index (χ2n) is 6.59. The van der Waals surface area contributed by atoms with Gasteiger partial charge in [-0.25, -0.2) is 0 Å². The van der Waals surface area contributed by atoms with Gasteiger partial charge in [-0.1, -0.05) is 0 Å². The highest BCUT2D eigenvalue weighted by molar-refractivity contribution is 5.05. The monoisotopic (exact) mass is 279 g/mol. The van der Waals surface area contributed by atoms with E-state index in [1.54, 1.807) is 6.20 Å². The third-order valence-corrected chi connectivity index (χ3v) is 4.36. The van der Waals surface area contributed by atoms with Gasteiger partial charge in [0.15, 0.2) is 0 Å². The summed E-state index contributed by atoms with van der Waals surface area (Å²) in [6.07, 6.45) is 5.37. The van der Waals surface area contributed by atoms with Crippen LogP contribution >= 0.6 is 0 Å². The smallest absolute Gasteiger partial charge is 0.103 e. The number of ether oxygens (including phenoxy) is 2.